The van der Waals surface area contributed by atoms with Crippen LogP contribution in [0.5, 0.6) is 17.2 Å². The minimum Gasteiger partial charge on any atom is -0.493 e. The number of rotatable bonds is 12. The lowest BCUT2D eigenvalue weighted by Crippen LogP contribution is -2.28. The molecule has 0 aliphatic heterocycles. The van der Waals surface area contributed by atoms with Gasteiger partial charge in [0.2, 0.25) is 0 Å². The van der Waals surface area contributed by atoms with Crippen molar-refractivity contribution in [2.75, 3.05) is 30.4 Å². The summed E-state index contributed by atoms with van der Waals surface area (Å²) >= 11 is 13.3. The Morgan fingerprint density at radius 1 is 0.837 bits per heavy atom. The second-order valence-corrected chi connectivity index (χ2v) is 14.3. The third-order valence-electron chi connectivity index (χ3n) is 7.08. The van der Waals surface area contributed by atoms with Crippen LogP contribution in [0.1, 0.15) is 42.9 Å². The van der Waals surface area contributed by atoms with E-state index >= 15 is 0 Å². The Labute approximate surface area is 296 Å². The van der Waals surface area contributed by atoms with Gasteiger partial charge in [0.05, 0.1) is 29.3 Å². The molecule has 1 N–H and O–H groups in total. The number of hydrogen-bond donors (Lipinski definition) is 1. The van der Waals surface area contributed by atoms with E-state index in [4.69, 9.17) is 37.4 Å². The fourth-order valence-electron chi connectivity index (χ4n) is 4.67. The molecular weight excluding hydrogens is 711 g/mol. The van der Waals surface area contributed by atoms with Crippen LogP contribution in [0.25, 0.3) is 0 Å². The maximum absolute atomic E-state index is 13.8. The SMILES string of the molecule is CCOc1ccc(N(C)S(=O)(=O)c2cc(Cl)sc2C(=O)Nc2cc(Cl)cc(C(=O)Oc3ccc(C(=O)c4ccccc4)cc3)c2)cc1OC. The van der Waals surface area contributed by atoms with Crippen LogP contribution in [0.3, 0.4) is 0 Å². The number of ketones is 1. The molecule has 14 heteroatoms. The molecule has 1 heterocycles. The van der Waals surface area contributed by atoms with Gasteiger partial charge < -0.3 is 19.5 Å². The summed E-state index contributed by atoms with van der Waals surface area (Å²) in [6, 6.07) is 24.7. The summed E-state index contributed by atoms with van der Waals surface area (Å²) in [5, 5.41) is 2.71. The largest absolute Gasteiger partial charge is 0.493 e. The normalized spacial score (nSPS) is 11.0. The van der Waals surface area contributed by atoms with E-state index in [1.807, 2.05) is 13.0 Å². The zero-order valence-electron chi connectivity index (χ0n) is 26.2. The molecule has 10 nitrogen and oxygen atoms in total. The van der Waals surface area contributed by atoms with Gasteiger partial charge >= 0.3 is 5.97 Å². The van der Waals surface area contributed by atoms with E-state index < -0.39 is 21.9 Å². The van der Waals surface area contributed by atoms with Crippen molar-refractivity contribution < 1.29 is 37.0 Å². The van der Waals surface area contributed by atoms with E-state index in [2.05, 4.69) is 5.32 Å². The van der Waals surface area contributed by atoms with E-state index in [9.17, 15) is 22.8 Å². The van der Waals surface area contributed by atoms with Gasteiger partial charge in [-0.05, 0) is 67.6 Å². The lowest BCUT2D eigenvalue weighted by atomic mass is 10.0. The van der Waals surface area contributed by atoms with Crippen LogP contribution in [-0.2, 0) is 10.0 Å². The standard InChI is InChI=1S/C35H28Cl2N2O8S2/c1-4-46-28-15-12-26(19-29(28)45-3)39(2)49(43,44)30-20-31(37)48-33(30)34(41)38-25-17-23(16-24(36)18-25)35(42)47-27-13-10-22(11-14-27)32(40)21-8-6-5-7-9-21/h5-20H,4H2,1-3H3,(H,38,41). The number of sulfonamides is 1. The smallest absolute Gasteiger partial charge is 0.343 e. The van der Waals surface area contributed by atoms with E-state index in [0.717, 1.165) is 15.6 Å². The number of benzene rings is 4. The Hall–Kier alpha value is -4.88. The Kier molecular flexibility index (Phi) is 10.9. The monoisotopic (exact) mass is 738 g/mol. The molecule has 0 bridgehead atoms. The van der Waals surface area contributed by atoms with Crippen LogP contribution in [0, 0.1) is 0 Å². The highest BCUT2D eigenvalue weighted by atomic mass is 35.5. The highest BCUT2D eigenvalue weighted by Gasteiger charge is 2.31. The number of nitrogens with one attached hydrogen (secondary N) is 1. The minimum atomic E-state index is -4.30. The zero-order valence-corrected chi connectivity index (χ0v) is 29.4. The molecule has 0 fully saturated rings. The Balaban J connectivity index is 1.33. The van der Waals surface area contributed by atoms with E-state index in [-0.39, 0.29) is 47.6 Å². The third kappa shape index (κ3) is 8.06. The molecule has 0 saturated carbocycles. The number of anilines is 2. The number of nitrogens with zero attached hydrogens (tertiary/aromatic N) is 1. The molecule has 5 aromatic rings. The summed E-state index contributed by atoms with van der Waals surface area (Å²) in [5.74, 6) is -0.815. The average molecular weight is 740 g/mol. The second-order valence-electron chi connectivity index (χ2n) is 10.3. The first-order chi connectivity index (χ1) is 23.4. The molecule has 49 heavy (non-hydrogen) atoms. The number of halogens is 2. The zero-order chi connectivity index (χ0) is 35.3. The maximum Gasteiger partial charge on any atom is 0.343 e. The summed E-state index contributed by atoms with van der Waals surface area (Å²) < 4.78 is 44.9. The first-order valence-corrected chi connectivity index (χ1v) is 17.6. The van der Waals surface area contributed by atoms with Crippen molar-refractivity contribution in [2.45, 2.75) is 11.8 Å². The molecule has 1 amide bonds. The predicted octanol–water partition coefficient (Wildman–Crippen LogP) is 7.99. The number of carbonyl (C=O) groups excluding carboxylic acids is 3. The lowest BCUT2D eigenvalue weighted by molar-refractivity contribution is 0.0734. The van der Waals surface area contributed by atoms with Crippen molar-refractivity contribution in [3.63, 3.8) is 0 Å². The average Bonchev–Trinajstić information content (AvgIpc) is 3.51. The van der Waals surface area contributed by atoms with E-state index in [1.54, 1.807) is 48.5 Å². The molecule has 5 rings (SSSR count). The number of hydrogen-bond acceptors (Lipinski definition) is 9. The van der Waals surface area contributed by atoms with Gasteiger partial charge in [0.25, 0.3) is 15.9 Å². The van der Waals surface area contributed by atoms with Gasteiger partial charge in [-0.1, -0.05) is 53.5 Å². The number of ether oxygens (including phenoxy) is 3. The fourth-order valence-corrected chi connectivity index (χ4v) is 7.78. The predicted molar refractivity (Wildman–Crippen MR) is 190 cm³/mol. The number of thiophene rings is 1. The first-order valence-electron chi connectivity index (χ1n) is 14.5. The van der Waals surface area contributed by atoms with Crippen molar-refractivity contribution in [1.82, 2.24) is 0 Å². The van der Waals surface area contributed by atoms with E-state index in [0.29, 0.717) is 29.2 Å². The molecule has 0 aliphatic carbocycles. The molecule has 1 aromatic heterocycles. The highest BCUT2D eigenvalue weighted by molar-refractivity contribution is 7.93. The molecule has 0 aliphatic rings. The number of esters is 1. The van der Waals surface area contributed by atoms with Crippen molar-refractivity contribution in [2.24, 2.45) is 0 Å². The van der Waals surface area contributed by atoms with Gasteiger partial charge in [-0.15, -0.1) is 11.3 Å². The van der Waals surface area contributed by atoms with Crippen molar-refractivity contribution >= 4 is 73.6 Å². The summed E-state index contributed by atoms with van der Waals surface area (Å²) in [5.41, 5.74) is 1.30. The molecule has 0 atom stereocenters. The molecule has 0 unspecified atom stereocenters. The molecule has 4 aromatic carbocycles. The van der Waals surface area contributed by atoms with Crippen molar-refractivity contribution in [3.8, 4) is 17.2 Å². The van der Waals surface area contributed by atoms with Crippen LogP contribution in [0.4, 0.5) is 11.4 Å². The van der Waals surface area contributed by atoms with Gasteiger partial charge in [0.15, 0.2) is 17.3 Å². The van der Waals surface area contributed by atoms with Gasteiger partial charge in [0.1, 0.15) is 15.5 Å². The van der Waals surface area contributed by atoms with E-state index in [1.165, 1.54) is 56.6 Å². The summed E-state index contributed by atoms with van der Waals surface area (Å²) in [7, 11) is -1.53. The summed E-state index contributed by atoms with van der Waals surface area (Å²) in [4.78, 5) is 38.7. The van der Waals surface area contributed by atoms with Gasteiger partial charge in [0, 0.05) is 35.0 Å². The first kappa shape index (κ1) is 35.4. The third-order valence-corrected chi connectivity index (χ3v) is 10.5. The Bertz CT molecular complexity index is 2140. The van der Waals surface area contributed by atoms with Crippen molar-refractivity contribution in [1.29, 1.82) is 0 Å². The molecule has 252 valence electrons. The topological polar surface area (TPSA) is 128 Å². The molecular formula is C35H28Cl2N2O8S2. The van der Waals surface area contributed by atoms with Crippen LogP contribution in [0.15, 0.2) is 102 Å². The fraction of sp³-hybridized carbons (Fsp3) is 0.114. The van der Waals surface area contributed by atoms with Gasteiger partial charge in [-0.2, -0.15) is 0 Å². The van der Waals surface area contributed by atoms with Gasteiger partial charge in [-0.3, -0.25) is 13.9 Å². The number of carbonyl (C=O) groups is 3. The highest BCUT2D eigenvalue weighted by Crippen LogP contribution is 2.37. The molecule has 0 spiro atoms. The lowest BCUT2D eigenvalue weighted by Gasteiger charge is -2.21. The summed E-state index contributed by atoms with van der Waals surface area (Å²) in [6.07, 6.45) is 0. The Morgan fingerprint density at radius 2 is 1.53 bits per heavy atom. The minimum absolute atomic E-state index is 0.00785. The van der Waals surface area contributed by atoms with Crippen LogP contribution >= 0.6 is 34.5 Å². The van der Waals surface area contributed by atoms with Crippen LogP contribution in [-0.4, -0.2) is 46.8 Å². The molecule has 0 radical (unpaired) electrons. The molecule has 0 saturated heterocycles. The Morgan fingerprint density at radius 3 is 2.20 bits per heavy atom. The number of methoxy groups -OCH3 is 1. The number of amides is 1. The quantitative estimate of drug-likeness (QED) is 0.0775. The summed E-state index contributed by atoms with van der Waals surface area (Å²) in [6.45, 7) is 2.20. The maximum atomic E-state index is 13.8. The van der Waals surface area contributed by atoms with Crippen molar-refractivity contribution in [3.05, 3.63) is 128 Å². The van der Waals surface area contributed by atoms with Crippen LogP contribution < -0.4 is 23.8 Å². The van der Waals surface area contributed by atoms with Gasteiger partial charge in [-0.25, -0.2) is 13.2 Å². The second kappa shape index (κ2) is 15.1. The van der Waals surface area contributed by atoms with Crippen LogP contribution in [0.2, 0.25) is 9.36 Å².